The van der Waals surface area contributed by atoms with Crippen LogP contribution < -0.4 is 10.1 Å². The van der Waals surface area contributed by atoms with Crippen LogP contribution >= 0.6 is 11.6 Å². The number of fused-ring (bicyclic) bond motifs is 1. The second-order valence-electron chi connectivity index (χ2n) is 5.23. The summed E-state index contributed by atoms with van der Waals surface area (Å²) < 4.78 is 10.3. The van der Waals surface area contributed by atoms with Crippen LogP contribution in [0.2, 0.25) is 5.02 Å². The van der Waals surface area contributed by atoms with Gasteiger partial charge in [0.2, 0.25) is 0 Å². The lowest BCUT2D eigenvalue weighted by Gasteiger charge is -2.27. The van der Waals surface area contributed by atoms with E-state index in [4.69, 9.17) is 21.1 Å². The number of carbonyl (C=O) groups is 2. The van der Waals surface area contributed by atoms with Crippen LogP contribution in [-0.2, 0) is 20.7 Å². The van der Waals surface area contributed by atoms with Crippen molar-refractivity contribution in [2.75, 3.05) is 7.11 Å². The molecule has 0 saturated heterocycles. The maximum atomic E-state index is 12.3. The Kier molecular flexibility index (Phi) is 4.42. The summed E-state index contributed by atoms with van der Waals surface area (Å²) in [6.45, 7) is 3.44. The summed E-state index contributed by atoms with van der Waals surface area (Å²) in [6.07, 6.45) is 0.202. The number of hydrogen-bond donors (Lipinski definition) is 1. The van der Waals surface area contributed by atoms with Crippen molar-refractivity contribution in [3.8, 4) is 5.75 Å². The average molecular weight is 312 g/mol. The van der Waals surface area contributed by atoms with Crippen LogP contribution in [-0.4, -0.2) is 30.6 Å². The van der Waals surface area contributed by atoms with Gasteiger partial charge in [0, 0.05) is 11.4 Å². The smallest absolute Gasteiger partial charge is 0.331 e. The molecule has 0 aliphatic carbocycles. The molecule has 0 aromatic heterocycles. The van der Waals surface area contributed by atoms with Gasteiger partial charge in [-0.3, -0.25) is 4.79 Å². The summed E-state index contributed by atoms with van der Waals surface area (Å²) in [5.74, 6) is -0.162. The number of ether oxygens (including phenoxy) is 2. The lowest BCUT2D eigenvalue weighted by molar-refractivity contribution is -0.151. The molecule has 1 amide bonds. The number of hydrogen-bond acceptors (Lipinski definition) is 4. The van der Waals surface area contributed by atoms with Gasteiger partial charge < -0.3 is 14.8 Å². The van der Waals surface area contributed by atoms with Crippen molar-refractivity contribution in [3.05, 3.63) is 28.8 Å². The molecule has 1 aromatic rings. The minimum Gasteiger partial charge on any atom is -0.480 e. The van der Waals surface area contributed by atoms with Gasteiger partial charge in [0.1, 0.15) is 11.3 Å². The highest BCUT2D eigenvalue weighted by Gasteiger charge is 2.38. The second-order valence-corrected chi connectivity index (χ2v) is 5.67. The van der Waals surface area contributed by atoms with E-state index in [-0.39, 0.29) is 5.91 Å². The number of carbonyl (C=O) groups excluding carboxylic acids is 2. The number of esters is 1. The van der Waals surface area contributed by atoms with Crippen LogP contribution in [0.4, 0.5) is 0 Å². The van der Waals surface area contributed by atoms with Crippen LogP contribution in [0.5, 0.6) is 5.75 Å². The molecule has 1 heterocycles. The number of benzene rings is 1. The molecule has 1 aliphatic heterocycles. The highest BCUT2D eigenvalue weighted by Crippen LogP contribution is 2.31. The van der Waals surface area contributed by atoms with E-state index in [0.717, 1.165) is 5.56 Å². The Morgan fingerprint density at radius 2 is 2.24 bits per heavy atom. The zero-order chi connectivity index (χ0) is 15.6. The number of halogens is 1. The highest BCUT2D eigenvalue weighted by molar-refractivity contribution is 6.30. The lowest BCUT2D eigenvalue weighted by atomic mass is 9.98. The molecule has 2 atom stereocenters. The predicted octanol–water partition coefficient (Wildman–Crippen LogP) is 2.10. The lowest BCUT2D eigenvalue weighted by Crippen LogP contribution is -2.55. The molecule has 2 rings (SSSR count). The fourth-order valence-corrected chi connectivity index (χ4v) is 2.42. The fourth-order valence-electron chi connectivity index (χ4n) is 2.22. The van der Waals surface area contributed by atoms with Gasteiger partial charge in [-0.25, -0.2) is 4.79 Å². The number of rotatable bonds is 4. The van der Waals surface area contributed by atoms with E-state index in [9.17, 15) is 9.59 Å². The van der Waals surface area contributed by atoms with E-state index < -0.39 is 17.6 Å². The van der Waals surface area contributed by atoms with Gasteiger partial charge >= 0.3 is 5.97 Å². The molecule has 5 nitrogen and oxygen atoms in total. The first kappa shape index (κ1) is 15.6. The van der Waals surface area contributed by atoms with Crippen LogP contribution in [0.1, 0.15) is 25.8 Å². The number of amides is 1. The van der Waals surface area contributed by atoms with Crippen LogP contribution in [0.25, 0.3) is 0 Å². The van der Waals surface area contributed by atoms with Crippen LogP contribution in [0.3, 0.4) is 0 Å². The quantitative estimate of drug-likeness (QED) is 0.865. The maximum Gasteiger partial charge on any atom is 0.331 e. The third-order valence-electron chi connectivity index (χ3n) is 3.73. The molecule has 0 spiro atoms. The van der Waals surface area contributed by atoms with Gasteiger partial charge in [0.05, 0.1) is 7.11 Å². The van der Waals surface area contributed by atoms with E-state index >= 15 is 0 Å². The van der Waals surface area contributed by atoms with Crippen molar-refractivity contribution in [1.29, 1.82) is 0 Å². The molecule has 0 saturated carbocycles. The third kappa shape index (κ3) is 3.13. The van der Waals surface area contributed by atoms with Crippen molar-refractivity contribution < 1.29 is 19.1 Å². The molecule has 0 radical (unpaired) electrons. The van der Waals surface area contributed by atoms with E-state index in [0.29, 0.717) is 23.6 Å². The van der Waals surface area contributed by atoms with E-state index in [2.05, 4.69) is 5.32 Å². The second kappa shape index (κ2) is 5.93. The first-order valence-electron chi connectivity index (χ1n) is 6.75. The Morgan fingerprint density at radius 3 is 2.86 bits per heavy atom. The summed E-state index contributed by atoms with van der Waals surface area (Å²) in [5.41, 5.74) is -0.166. The van der Waals surface area contributed by atoms with E-state index in [1.54, 1.807) is 32.0 Å². The zero-order valence-electron chi connectivity index (χ0n) is 12.2. The molecular weight excluding hydrogens is 294 g/mol. The number of methoxy groups -OCH3 is 1. The average Bonchev–Trinajstić information content (AvgIpc) is 2.89. The first-order chi connectivity index (χ1) is 9.89. The molecule has 21 heavy (non-hydrogen) atoms. The summed E-state index contributed by atoms with van der Waals surface area (Å²) in [6, 6.07) is 5.24. The van der Waals surface area contributed by atoms with Crippen molar-refractivity contribution in [1.82, 2.24) is 5.32 Å². The molecule has 0 fully saturated rings. The van der Waals surface area contributed by atoms with Gasteiger partial charge in [0.15, 0.2) is 6.10 Å². The summed E-state index contributed by atoms with van der Waals surface area (Å²) in [4.78, 5) is 24.1. The molecule has 6 heteroatoms. The molecule has 1 aromatic carbocycles. The molecule has 1 aliphatic rings. The summed E-state index contributed by atoms with van der Waals surface area (Å²) >= 11 is 5.92. The normalized spacial score (nSPS) is 19.1. The Morgan fingerprint density at radius 1 is 1.52 bits per heavy atom. The Balaban J connectivity index is 2.08. The Labute approximate surface area is 128 Å². The molecule has 0 unspecified atom stereocenters. The molecule has 114 valence electrons. The van der Waals surface area contributed by atoms with E-state index in [1.165, 1.54) is 7.11 Å². The van der Waals surface area contributed by atoms with Crippen molar-refractivity contribution in [2.45, 2.75) is 38.3 Å². The van der Waals surface area contributed by atoms with E-state index in [1.807, 2.05) is 0 Å². The first-order valence-corrected chi connectivity index (χ1v) is 7.13. The van der Waals surface area contributed by atoms with Gasteiger partial charge in [-0.15, -0.1) is 0 Å². The van der Waals surface area contributed by atoms with Gasteiger partial charge in [-0.2, -0.15) is 0 Å². The zero-order valence-corrected chi connectivity index (χ0v) is 13.0. The minimum absolute atomic E-state index is 0.336. The van der Waals surface area contributed by atoms with Gasteiger partial charge in [-0.05, 0) is 37.1 Å². The third-order valence-corrected chi connectivity index (χ3v) is 3.97. The topological polar surface area (TPSA) is 64.6 Å². The van der Waals surface area contributed by atoms with Crippen molar-refractivity contribution in [2.24, 2.45) is 0 Å². The highest BCUT2D eigenvalue weighted by atomic mass is 35.5. The summed E-state index contributed by atoms with van der Waals surface area (Å²) in [7, 11) is 1.30. The molecule has 1 N–H and O–H groups in total. The fraction of sp³-hybridized carbons (Fsp3) is 0.467. The summed E-state index contributed by atoms with van der Waals surface area (Å²) in [5, 5.41) is 3.32. The molecule has 0 bridgehead atoms. The van der Waals surface area contributed by atoms with Crippen molar-refractivity contribution in [3.63, 3.8) is 0 Å². The van der Waals surface area contributed by atoms with Crippen LogP contribution in [0, 0.1) is 0 Å². The van der Waals surface area contributed by atoms with Gasteiger partial charge in [0.25, 0.3) is 5.91 Å². The Hall–Kier alpha value is -1.75. The van der Waals surface area contributed by atoms with Crippen molar-refractivity contribution >= 4 is 23.5 Å². The standard InChI is InChI=1S/C15H18ClNO4/c1-4-15(2,14(19)20-3)17-13(18)12-8-9-7-10(16)5-6-11(9)21-12/h5-7,12H,4,8H2,1-3H3,(H,17,18)/t12-,15+/m1/s1. The minimum atomic E-state index is -1.05. The maximum absolute atomic E-state index is 12.3. The monoisotopic (exact) mass is 311 g/mol. The Bertz CT molecular complexity index is 575. The van der Waals surface area contributed by atoms with Crippen LogP contribution in [0.15, 0.2) is 18.2 Å². The number of nitrogens with one attached hydrogen (secondary N) is 1. The SMILES string of the molecule is CC[C@](C)(NC(=O)[C@H]1Cc2cc(Cl)ccc2O1)C(=O)OC. The van der Waals surface area contributed by atoms with Gasteiger partial charge in [-0.1, -0.05) is 18.5 Å². The molecular formula is C15H18ClNO4. The largest absolute Gasteiger partial charge is 0.480 e. The predicted molar refractivity (Wildman–Crippen MR) is 78.4 cm³/mol.